The van der Waals surface area contributed by atoms with Crippen LogP contribution in [0.1, 0.15) is 45.2 Å². The van der Waals surface area contributed by atoms with Gasteiger partial charge in [0.25, 0.3) is 0 Å². The van der Waals surface area contributed by atoms with Gasteiger partial charge in [-0.3, -0.25) is 0 Å². The average Bonchev–Trinajstić information content (AvgIpc) is 3.18. The molecule has 1 atom stereocenters. The maximum Gasteiger partial charge on any atom is 0.244 e. The molecular weight excluding hydrogens is 378 g/mol. The molecular formula is C20H27N3O2S2. The molecule has 5 nitrogen and oxygen atoms in total. The number of hydrogen-bond donors (Lipinski definition) is 1. The summed E-state index contributed by atoms with van der Waals surface area (Å²) in [5, 5.41) is 3.90. The molecule has 0 bridgehead atoms. The van der Waals surface area contributed by atoms with Gasteiger partial charge >= 0.3 is 0 Å². The first-order valence-corrected chi connectivity index (χ1v) is 11.7. The highest BCUT2D eigenvalue weighted by Gasteiger charge is 2.27. The quantitative estimate of drug-likeness (QED) is 0.685. The molecule has 1 aliphatic rings. The monoisotopic (exact) mass is 405 g/mol. The Labute approximate surface area is 166 Å². The molecule has 1 fully saturated rings. The fourth-order valence-corrected chi connectivity index (χ4v) is 5.41. The molecule has 146 valence electrons. The topological polar surface area (TPSA) is 62.3 Å². The van der Waals surface area contributed by atoms with Gasteiger partial charge in [0.2, 0.25) is 10.0 Å². The Kier molecular flexibility index (Phi) is 6.44. The van der Waals surface area contributed by atoms with E-state index < -0.39 is 10.0 Å². The fraction of sp³-hybridized carbons (Fsp3) is 0.450. The van der Waals surface area contributed by atoms with Crippen molar-refractivity contribution in [3.8, 4) is 0 Å². The van der Waals surface area contributed by atoms with Crippen LogP contribution in [0.15, 0.2) is 52.4 Å². The van der Waals surface area contributed by atoms with Crippen molar-refractivity contribution in [1.29, 1.82) is 0 Å². The summed E-state index contributed by atoms with van der Waals surface area (Å²) in [5.41, 5.74) is 1.17. The van der Waals surface area contributed by atoms with Gasteiger partial charge in [-0.15, -0.1) is 11.8 Å². The lowest BCUT2D eigenvalue weighted by atomic mass is 10.1. The Balaban J connectivity index is 1.65. The normalized spacial score (nSPS) is 16.6. The van der Waals surface area contributed by atoms with Crippen LogP contribution in [0.4, 0.5) is 5.82 Å². The molecule has 0 spiro atoms. The van der Waals surface area contributed by atoms with Crippen molar-refractivity contribution >= 4 is 27.6 Å². The Morgan fingerprint density at radius 3 is 2.26 bits per heavy atom. The van der Waals surface area contributed by atoms with Gasteiger partial charge in [0, 0.05) is 35.5 Å². The molecule has 0 amide bonds. The molecule has 1 N–H and O–H groups in total. The van der Waals surface area contributed by atoms with Gasteiger partial charge in [-0.05, 0) is 49.6 Å². The molecule has 1 aromatic heterocycles. The van der Waals surface area contributed by atoms with E-state index in [0.29, 0.717) is 24.2 Å². The molecule has 1 saturated heterocycles. The van der Waals surface area contributed by atoms with E-state index in [-0.39, 0.29) is 10.9 Å². The van der Waals surface area contributed by atoms with Crippen LogP contribution in [0.3, 0.4) is 0 Å². The van der Waals surface area contributed by atoms with E-state index >= 15 is 0 Å². The smallest absolute Gasteiger partial charge is 0.244 e. The van der Waals surface area contributed by atoms with E-state index in [9.17, 15) is 8.42 Å². The third-order valence-electron chi connectivity index (χ3n) is 4.56. The lowest BCUT2D eigenvalue weighted by Gasteiger charge is -2.17. The maximum absolute atomic E-state index is 12.6. The minimum Gasteiger partial charge on any atom is -0.364 e. The minimum absolute atomic E-state index is 0.0802. The van der Waals surface area contributed by atoms with Crippen LogP contribution in [0.2, 0.25) is 0 Å². The number of anilines is 1. The van der Waals surface area contributed by atoms with Crippen LogP contribution in [0.5, 0.6) is 0 Å². The van der Waals surface area contributed by atoms with Crippen molar-refractivity contribution in [3.05, 3.63) is 48.2 Å². The van der Waals surface area contributed by atoms with Gasteiger partial charge in [-0.1, -0.05) is 26.0 Å². The number of nitrogens with one attached hydrogen (secondary N) is 1. The Morgan fingerprint density at radius 1 is 1.04 bits per heavy atom. The summed E-state index contributed by atoms with van der Waals surface area (Å²) < 4.78 is 26.7. The fourth-order valence-electron chi connectivity index (χ4n) is 3.11. The lowest BCUT2D eigenvalue weighted by Crippen LogP contribution is -2.27. The summed E-state index contributed by atoms with van der Waals surface area (Å²) in [6.07, 6.45) is 3.31. The number of benzene rings is 1. The van der Waals surface area contributed by atoms with Crippen molar-refractivity contribution in [2.24, 2.45) is 0 Å². The predicted molar refractivity (Wildman–Crippen MR) is 112 cm³/mol. The second-order valence-electron chi connectivity index (χ2n) is 7.09. The van der Waals surface area contributed by atoms with E-state index in [1.54, 1.807) is 12.1 Å². The van der Waals surface area contributed by atoms with Crippen LogP contribution >= 0.6 is 11.8 Å². The molecule has 1 aliphatic heterocycles. The zero-order chi connectivity index (χ0) is 19.4. The van der Waals surface area contributed by atoms with Crippen LogP contribution in [-0.4, -0.2) is 36.0 Å². The molecule has 0 saturated carbocycles. The van der Waals surface area contributed by atoms with E-state index in [1.807, 2.05) is 11.8 Å². The maximum atomic E-state index is 12.6. The molecule has 1 unspecified atom stereocenters. The number of nitrogens with zero attached hydrogens (tertiary/aromatic N) is 2. The third kappa shape index (κ3) is 5.03. The summed E-state index contributed by atoms with van der Waals surface area (Å²) in [7, 11) is -3.41. The number of sulfonamides is 1. The van der Waals surface area contributed by atoms with Gasteiger partial charge < -0.3 is 5.32 Å². The number of pyridine rings is 1. The van der Waals surface area contributed by atoms with E-state index in [2.05, 4.69) is 55.3 Å². The summed E-state index contributed by atoms with van der Waals surface area (Å²) in [6.45, 7) is 7.64. The number of hydrogen-bond acceptors (Lipinski definition) is 5. The SMILES string of the molecule is CC(C)Sc1ccc(C(C)Nc2ccc(S(=O)(=O)N3CCCC3)cn2)cc1. The molecule has 2 heterocycles. The van der Waals surface area contributed by atoms with Crippen molar-refractivity contribution in [2.75, 3.05) is 18.4 Å². The molecule has 0 aliphatic carbocycles. The largest absolute Gasteiger partial charge is 0.364 e. The zero-order valence-electron chi connectivity index (χ0n) is 16.1. The van der Waals surface area contributed by atoms with Crippen LogP contribution in [0.25, 0.3) is 0 Å². The van der Waals surface area contributed by atoms with Crippen molar-refractivity contribution in [1.82, 2.24) is 9.29 Å². The number of thioether (sulfide) groups is 1. The van der Waals surface area contributed by atoms with E-state index in [0.717, 1.165) is 12.8 Å². The summed E-state index contributed by atoms with van der Waals surface area (Å²) >= 11 is 1.84. The Morgan fingerprint density at radius 2 is 1.70 bits per heavy atom. The predicted octanol–water partition coefficient (Wildman–Crippen LogP) is 4.54. The van der Waals surface area contributed by atoms with E-state index in [4.69, 9.17) is 0 Å². The highest BCUT2D eigenvalue weighted by Crippen LogP contribution is 2.26. The first-order chi connectivity index (χ1) is 12.9. The first-order valence-electron chi connectivity index (χ1n) is 9.35. The summed E-state index contributed by atoms with van der Waals surface area (Å²) in [6, 6.07) is 12.0. The summed E-state index contributed by atoms with van der Waals surface area (Å²) in [4.78, 5) is 5.84. The van der Waals surface area contributed by atoms with Gasteiger partial charge in [-0.2, -0.15) is 4.31 Å². The second kappa shape index (κ2) is 8.63. The average molecular weight is 406 g/mol. The standard InChI is InChI=1S/C20H27N3O2S2/c1-15(2)26-18-8-6-17(7-9-18)16(3)22-20-11-10-19(14-21-20)27(24,25)23-12-4-5-13-23/h6-11,14-16H,4-5,12-13H2,1-3H3,(H,21,22). The lowest BCUT2D eigenvalue weighted by molar-refractivity contribution is 0.477. The molecule has 3 rings (SSSR count). The second-order valence-corrected chi connectivity index (χ2v) is 10.7. The summed E-state index contributed by atoms with van der Waals surface area (Å²) in [5.74, 6) is 0.670. The molecule has 2 aromatic rings. The van der Waals surface area contributed by atoms with Crippen molar-refractivity contribution in [2.45, 2.75) is 54.7 Å². The van der Waals surface area contributed by atoms with Gasteiger partial charge in [0.1, 0.15) is 10.7 Å². The van der Waals surface area contributed by atoms with Crippen LogP contribution in [-0.2, 0) is 10.0 Å². The van der Waals surface area contributed by atoms with E-state index in [1.165, 1.54) is 21.0 Å². The Bertz CT molecular complexity index is 844. The highest BCUT2D eigenvalue weighted by molar-refractivity contribution is 7.99. The van der Waals surface area contributed by atoms with Crippen molar-refractivity contribution in [3.63, 3.8) is 0 Å². The third-order valence-corrected chi connectivity index (χ3v) is 7.45. The van der Waals surface area contributed by atoms with Gasteiger partial charge in [-0.25, -0.2) is 13.4 Å². The first kappa shape index (κ1) is 20.2. The number of rotatable bonds is 7. The van der Waals surface area contributed by atoms with Crippen molar-refractivity contribution < 1.29 is 8.42 Å². The molecule has 0 radical (unpaired) electrons. The molecule has 1 aromatic carbocycles. The highest BCUT2D eigenvalue weighted by atomic mass is 32.2. The van der Waals surface area contributed by atoms with Gasteiger partial charge in [0.15, 0.2) is 0 Å². The number of aromatic nitrogens is 1. The molecule has 7 heteroatoms. The minimum atomic E-state index is -3.41. The Hall–Kier alpha value is -1.57. The van der Waals surface area contributed by atoms with Gasteiger partial charge in [0.05, 0.1) is 0 Å². The van der Waals surface area contributed by atoms with Crippen LogP contribution in [0, 0.1) is 0 Å². The molecule has 27 heavy (non-hydrogen) atoms. The zero-order valence-corrected chi connectivity index (χ0v) is 17.7. The van der Waals surface area contributed by atoms with Crippen LogP contribution < -0.4 is 5.32 Å².